The van der Waals surface area contributed by atoms with Crippen LogP contribution in [0.25, 0.3) is 10.8 Å². The van der Waals surface area contributed by atoms with Crippen molar-refractivity contribution < 1.29 is 18.9 Å². The van der Waals surface area contributed by atoms with Gasteiger partial charge in [-0.15, -0.1) is 0 Å². The Morgan fingerprint density at radius 1 is 0.854 bits per heavy atom. The summed E-state index contributed by atoms with van der Waals surface area (Å²) in [4.78, 5) is 16.3. The molecular formula is C32H34ClN3O5. The zero-order chi connectivity index (χ0) is 28.4. The lowest BCUT2D eigenvalue weighted by Gasteiger charge is -2.48. The van der Waals surface area contributed by atoms with Gasteiger partial charge in [0.2, 0.25) is 0 Å². The number of hydrogen-bond donors (Lipinski definition) is 0. The Kier molecular flexibility index (Phi) is 7.77. The molecule has 0 spiro atoms. The van der Waals surface area contributed by atoms with E-state index in [1.165, 1.54) is 0 Å². The van der Waals surface area contributed by atoms with Crippen molar-refractivity contribution >= 4 is 22.4 Å². The summed E-state index contributed by atoms with van der Waals surface area (Å²) in [6.07, 6.45) is 4.97. The molecule has 1 aromatic heterocycles. The number of aromatic nitrogens is 2. The van der Waals surface area contributed by atoms with E-state index in [0.717, 1.165) is 61.5 Å². The summed E-state index contributed by atoms with van der Waals surface area (Å²) >= 11 is 6.99. The zero-order valence-electron chi connectivity index (χ0n) is 23.4. The van der Waals surface area contributed by atoms with Crippen molar-refractivity contribution in [3.05, 3.63) is 87.3 Å². The maximum atomic E-state index is 13.8. The van der Waals surface area contributed by atoms with Gasteiger partial charge in [-0.2, -0.15) is 5.10 Å². The van der Waals surface area contributed by atoms with Gasteiger partial charge in [-0.1, -0.05) is 35.9 Å². The smallest absolute Gasteiger partial charge is 0.276 e. The van der Waals surface area contributed by atoms with E-state index >= 15 is 0 Å². The standard InChI is InChI=1S/C32H34ClN3O5/c1-38-25-7-3-22(4-8-25)19-40-27-17-24-18-34-36(21-32-11-14-35(15-12-32)16-13-32)31(37)28(24)29(33)30(27)41-20-23-5-9-26(39-2)10-6-23/h3-10,17-18H,11-16,19-21H2,1-2H3. The van der Waals surface area contributed by atoms with E-state index < -0.39 is 0 Å². The third kappa shape index (κ3) is 5.72. The fourth-order valence-electron chi connectivity index (χ4n) is 5.83. The van der Waals surface area contributed by atoms with Crippen molar-refractivity contribution in [2.75, 3.05) is 33.9 Å². The fraction of sp³-hybridized carbons (Fsp3) is 0.375. The van der Waals surface area contributed by atoms with Gasteiger partial charge in [-0.25, -0.2) is 4.68 Å². The normalized spacial score (nSPS) is 19.7. The largest absolute Gasteiger partial charge is 0.497 e. The van der Waals surface area contributed by atoms with Gasteiger partial charge in [0, 0.05) is 5.39 Å². The van der Waals surface area contributed by atoms with Crippen LogP contribution < -0.4 is 24.5 Å². The molecule has 0 N–H and O–H groups in total. The van der Waals surface area contributed by atoms with Crippen LogP contribution in [0.4, 0.5) is 0 Å². The van der Waals surface area contributed by atoms with Crippen LogP contribution in [-0.2, 0) is 19.8 Å². The van der Waals surface area contributed by atoms with Crippen LogP contribution in [0.5, 0.6) is 23.0 Å². The highest BCUT2D eigenvalue weighted by Gasteiger charge is 2.40. The minimum Gasteiger partial charge on any atom is -0.497 e. The second-order valence-corrected chi connectivity index (χ2v) is 11.3. The molecule has 3 aromatic carbocycles. The van der Waals surface area contributed by atoms with E-state index in [2.05, 4.69) is 10.00 Å². The van der Waals surface area contributed by atoms with Gasteiger partial charge in [0.1, 0.15) is 24.7 Å². The van der Waals surface area contributed by atoms with E-state index in [1.54, 1.807) is 31.2 Å². The molecule has 9 heteroatoms. The van der Waals surface area contributed by atoms with E-state index in [4.69, 9.17) is 30.5 Å². The molecule has 214 valence electrons. The molecule has 0 atom stereocenters. The number of methoxy groups -OCH3 is 2. The Morgan fingerprint density at radius 3 is 1.98 bits per heavy atom. The van der Waals surface area contributed by atoms with Crippen molar-refractivity contribution in [1.29, 1.82) is 0 Å². The van der Waals surface area contributed by atoms with Gasteiger partial charge in [0.15, 0.2) is 11.5 Å². The van der Waals surface area contributed by atoms with Crippen LogP contribution in [0.15, 0.2) is 65.6 Å². The Morgan fingerprint density at radius 2 is 1.41 bits per heavy atom. The highest BCUT2D eigenvalue weighted by atomic mass is 35.5. The number of rotatable bonds is 10. The van der Waals surface area contributed by atoms with Crippen LogP contribution in [0.3, 0.4) is 0 Å². The summed E-state index contributed by atoms with van der Waals surface area (Å²) in [6, 6.07) is 17.1. The van der Waals surface area contributed by atoms with Gasteiger partial charge >= 0.3 is 0 Å². The van der Waals surface area contributed by atoms with Crippen molar-refractivity contribution in [2.24, 2.45) is 5.41 Å². The highest BCUT2D eigenvalue weighted by Crippen LogP contribution is 2.43. The molecule has 3 fully saturated rings. The first-order chi connectivity index (χ1) is 20.0. The van der Waals surface area contributed by atoms with E-state index in [0.29, 0.717) is 28.8 Å². The Hall–Kier alpha value is -3.75. The summed E-state index contributed by atoms with van der Waals surface area (Å²) < 4.78 is 24.6. The third-order valence-corrected chi connectivity index (χ3v) is 8.82. The number of fused-ring (bicyclic) bond motifs is 4. The number of piperidine rings is 3. The van der Waals surface area contributed by atoms with Crippen LogP contribution in [0, 0.1) is 5.41 Å². The average Bonchev–Trinajstić information content (AvgIpc) is 3.02. The molecule has 0 amide bonds. The number of nitrogens with zero attached hydrogens (tertiary/aromatic N) is 3. The van der Waals surface area contributed by atoms with Gasteiger partial charge in [0.25, 0.3) is 5.56 Å². The van der Waals surface area contributed by atoms with E-state index in [-0.39, 0.29) is 29.2 Å². The predicted octanol–water partition coefficient (Wildman–Crippen LogP) is 5.71. The molecule has 3 aliphatic rings. The lowest BCUT2D eigenvalue weighted by molar-refractivity contribution is 0.0100. The molecule has 0 saturated carbocycles. The van der Waals surface area contributed by atoms with Crippen molar-refractivity contribution in [3.8, 4) is 23.0 Å². The lowest BCUT2D eigenvalue weighted by Crippen LogP contribution is -2.50. The maximum Gasteiger partial charge on any atom is 0.276 e. The molecule has 4 heterocycles. The molecule has 4 aromatic rings. The number of ether oxygens (including phenoxy) is 4. The predicted molar refractivity (Wildman–Crippen MR) is 158 cm³/mol. The molecule has 7 rings (SSSR count). The van der Waals surface area contributed by atoms with Crippen LogP contribution in [0.1, 0.15) is 30.4 Å². The Balaban J connectivity index is 1.33. The van der Waals surface area contributed by atoms with Gasteiger partial charge < -0.3 is 23.8 Å². The summed E-state index contributed by atoms with van der Waals surface area (Å²) in [6.45, 7) is 4.38. The monoisotopic (exact) mass is 575 g/mol. The first-order valence-electron chi connectivity index (χ1n) is 13.9. The Bertz CT molecular complexity index is 1560. The summed E-state index contributed by atoms with van der Waals surface area (Å²) in [5, 5.41) is 5.83. The zero-order valence-corrected chi connectivity index (χ0v) is 24.2. The minimum atomic E-state index is -0.203. The SMILES string of the molecule is COc1ccc(COc2cc3cnn(CC45CCN(CC4)CC5)c(=O)c3c(Cl)c2OCc2ccc(OC)cc2)cc1. The van der Waals surface area contributed by atoms with E-state index in [1.807, 2.05) is 48.5 Å². The number of benzene rings is 3. The minimum absolute atomic E-state index is 0.112. The number of halogens is 1. The summed E-state index contributed by atoms with van der Waals surface area (Å²) in [7, 11) is 3.26. The number of hydrogen-bond acceptors (Lipinski definition) is 7. The molecular weight excluding hydrogens is 542 g/mol. The van der Waals surface area contributed by atoms with E-state index in [9.17, 15) is 4.79 Å². The fourth-order valence-corrected chi connectivity index (χ4v) is 6.16. The molecule has 8 nitrogen and oxygen atoms in total. The highest BCUT2D eigenvalue weighted by molar-refractivity contribution is 6.37. The second-order valence-electron chi connectivity index (χ2n) is 11.0. The maximum absolute atomic E-state index is 13.8. The quantitative estimate of drug-likeness (QED) is 0.240. The molecule has 3 aliphatic heterocycles. The van der Waals surface area contributed by atoms with Crippen molar-refractivity contribution in [1.82, 2.24) is 14.7 Å². The van der Waals surface area contributed by atoms with Crippen molar-refractivity contribution in [3.63, 3.8) is 0 Å². The molecule has 2 bridgehead atoms. The topological polar surface area (TPSA) is 75.1 Å². The lowest BCUT2D eigenvalue weighted by atomic mass is 9.72. The first-order valence-corrected chi connectivity index (χ1v) is 14.3. The van der Waals surface area contributed by atoms with Gasteiger partial charge in [-0.3, -0.25) is 4.79 Å². The van der Waals surface area contributed by atoms with Crippen LogP contribution in [-0.4, -0.2) is 48.5 Å². The Labute approximate surface area is 244 Å². The summed E-state index contributed by atoms with van der Waals surface area (Å²) in [5.41, 5.74) is 1.79. The second kappa shape index (κ2) is 11.6. The summed E-state index contributed by atoms with van der Waals surface area (Å²) in [5.74, 6) is 2.32. The first kappa shape index (κ1) is 27.4. The van der Waals surface area contributed by atoms with Gasteiger partial charge in [-0.05, 0) is 85.8 Å². The third-order valence-electron chi connectivity index (χ3n) is 8.46. The molecule has 0 unspecified atom stereocenters. The van der Waals surface area contributed by atoms with Gasteiger partial charge in [0.05, 0.1) is 37.4 Å². The average molecular weight is 576 g/mol. The molecule has 0 radical (unpaired) electrons. The molecule has 41 heavy (non-hydrogen) atoms. The van der Waals surface area contributed by atoms with Crippen LogP contribution in [0.2, 0.25) is 5.02 Å². The van der Waals surface area contributed by atoms with Crippen LogP contribution >= 0.6 is 11.6 Å². The van der Waals surface area contributed by atoms with Crippen molar-refractivity contribution in [2.45, 2.75) is 39.0 Å². The molecule has 3 saturated heterocycles. The molecule has 0 aliphatic carbocycles.